The zero-order chi connectivity index (χ0) is 15.2. The Hall–Kier alpha value is -1.10. The maximum Gasteiger partial charge on any atom is 0.245 e. The van der Waals surface area contributed by atoms with E-state index >= 15 is 0 Å². The van der Waals surface area contributed by atoms with Crippen LogP contribution in [0.25, 0.3) is 0 Å². The van der Waals surface area contributed by atoms with Crippen LogP contribution >= 0.6 is 0 Å². The highest BCUT2D eigenvalue weighted by Crippen LogP contribution is 2.23. The minimum absolute atomic E-state index is 0.152. The number of likely N-dealkylation sites (tertiary alicyclic amines) is 2. The van der Waals surface area contributed by atoms with E-state index in [2.05, 4.69) is 5.32 Å². The number of hydrogen-bond acceptors (Lipinski definition) is 3. The second-order valence-corrected chi connectivity index (χ2v) is 6.28. The van der Waals surface area contributed by atoms with Gasteiger partial charge in [-0.05, 0) is 51.6 Å². The fourth-order valence-electron chi connectivity index (χ4n) is 3.53. The molecule has 0 aromatic heterocycles. The van der Waals surface area contributed by atoms with Crippen LogP contribution in [0.3, 0.4) is 0 Å². The van der Waals surface area contributed by atoms with E-state index in [0.29, 0.717) is 6.42 Å². The summed E-state index contributed by atoms with van der Waals surface area (Å²) in [4.78, 5) is 28.4. The van der Waals surface area contributed by atoms with Crippen LogP contribution < -0.4 is 5.32 Å². The van der Waals surface area contributed by atoms with Crippen molar-refractivity contribution in [3.8, 4) is 0 Å². The molecule has 0 aliphatic carbocycles. The van der Waals surface area contributed by atoms with E-state index in [0.717, 1.165) is 57.8 Å². The van der Waals surface area contributed by atoms with E-state index in [1.165, 1.54) is 6.42 Å². The monoisotopic (exact) mass is 295 g/mol. The molecule has 1 unspecified atom stereocenters. The van der Waals surface area contributed by atoms with Crippen molar-refractivity contribution in [3.05, 3.63) is 0 Å². The van der Waals surface area contributed by atoms with Gasteiger partial charge in [-0.1, -0.05) is 6.92 Å². The molecule has 2 rings (SSSR count). The predicted octanol–water partition coefficient (Wildman–Crippen LogP) is 1.24. The van der Waals surface area contributed by atoms with Gasteiger partial charge < -0.3 is 15.1 Å². The van der Waals surface area contributed by atoms with Crippen molar-refractivity contribution in [1.82, 2.24) is 15.1 Å². The first-order chi connectivity index (χ1) is 10.2. The van der Waals surface area contributed by atoms with Crippen molar-refractivity contribution in [2.45, 2.75) is 51.5 Å². The number of piperidine rings is 1. The number of nitrogens with one attached hydrogen (secondary N) is 1. The van der Waals surface area contributed by atoms with Crippen molar-refractivity contribution in [2.24, 2.45) is 5.92 Å². The SMILES string of the molecule is CCC(C(=O)N1CCC(CCNC)CC1)N1CCCC1=O. The maximum absolute atomic E-state index is 12.7. The van der Waals surface area contributed by atoms with Gasteiger partial charge in [0.05, 0.1) is 0 Å². The Morgan fingerprint density at radius 1 is 1.33 bits per heavy atom. The molecular weight excluding hydrogens is 266 g/mol. The molecule has 2 saturated heterocycles. The summed E-state index contributed by atoms with van der Waals surface area (Å²) in [6, 6.07) is -0.228. The lowest BCUT2D eigenvalue weighted by atomic mass is 9.93. The van der Waals surface area contributed by atoms with Gasteiger partial charge in [-0.2, -0.15) is 0 Å². The molecule has 0 bridgehead atoms. The van der Waals surface area contributed by atoms with Crippen molar-refractivity contribution in [1.29, 1.82) is 0 Å². The Balaban J connectivity index is 1.86. The van der Waals surface area contributed by atoms with Crippen LogP contribution in [-0.2, 0) is 9.59 Å². The van der Waals surface area contributed by atoms with Crippen LogP contribution in [0.4, 0.5) is 0 Å². The van der Waals surface area contributed by atoms with Crippen LogP contribution in [0.5, 0.6) is 0 Å². The molecule has 5 nitrogen and oxygen atoms in total. The summed E-state index contributed by atoms with van der Waals surface area (Å²) >= 11 is 0. The molecular formula is C16H29N3O2. The first-order valence-electron chi connectivity index (χ1n) is 8.40. The average Bonchev–Trinajstić information content (AvgIpc) is 2.92. The molecule has 2 aliphatic heterocycles. The zero-order valence-corrected chi connectivity index (χ0v) is 13.4. The second-order valence-electron chi connectivity index (χ2n) is 6.28. The summed E-state index contributed by atoms with van der Waals surface area (Å²) in [6.07, 6.45) is 5.62. The Bertz CT molecular complexity index is 365. The first-order valence-corrected chi connectivity index (χ1v) is 8.40. The van der Waals surface area contributed by atoms with Crippen molar-refractivity contribution in [2.75, 3.05) is 33.2 Å². The second kappa shape index (κ2) is 7.78. The first kappa shape index (κ1) is 16.3. The molecule has 2 fully saturated rings. The molecule has 5 heteroatoms. The van der Waals surface area contributed by atoms with Gasteiger partial charge in [0.1, 0.15) is 6.04 Å². The van der Waals surface area contributed by atoms with Crippen molar-refractivity contribution >= 4 is 11.8 Å². The van der Waals surface area contributed by atoms with Gasteiger partial charge >= 0.3 is 0 Å². The molecule has 0 saturated carbocycles. The standard InChI is InChI=1S/C16H29N3O2/c1-3-14(19-10-4-5-15(19)20)16(21)18-11-7-13(8-12-18)6-9-17-2/h13-14,17H,3-12H2,1-2H3. The minimum Gasteiger partial charge on any atom is -0.341 e. The van der Waals surface area contributed by atoms with Crippen LogP contribution in [-0.4, -0.2) is 60.9 Å². The maximum atomic E-state index is 12.7. The van der Waals surface area contributed by atoms with E-state index in [4.69, 9.17) is 0 Å². The summed E-state index contributed by atoms with van der Waals surface area (Å²) in [7, 11) is 1.98. The highest BCUT2D eigenvalue weighted by atomic mass is 16.2. The fourth-order valence-corrected chi connectivity index (χ4v) is 3.53. The third-order valence-electron chi connectivity index (χ3n) is 4.89. The Morgan fingerprint density at radius 2 is 2.05 bits per heavy atom. The molecule has 0 spiro atoms. The molecule has 2 amide bonds. The molecule has 1 atom stereocenters. The summed E-state index contributed by atoms with van der Waals surface area (Å²) < 4.78 is 0. The van der Waals surface area contributed by atoms with E-state index in [1.807, 2.05) is 18.9 Å². The predicted molar refractivity (Wildman–Crippen MR) is 82.9 cm³/mol. The molecule has 1 N–H and O–H groups in total. The number of nitrogens with zero attached hydrogens (tertiary/aromatic N) is 2. The largest absolute Gasteiger partial charge is 0.341 e. The van der Waals surface area contributed by atoms with Crippen molar-refractivity contribution in [3.63, 3.8) is 0 Å². The summed E-state index contributed by atoms with van der Waals surface area (Å²) in [5.74, 6) is 1.05. The number of hydrogen-bond donors (Lipinski definition) is 1. The van der Waals surface area contributed by atoms with Gasteiger partial charge in [-0.15, -0.1) is 0 Å². The molecule has 0 radical (unpaired) electrons. The van der Waals surface area contributed by atoms with Gasteiger partial charge in [0.25, 0.3) is 0 Å². The topological polar surface area (TPSA) is 52.7 Å². The van der Waals surface area contributed by atoms with Crippen LogP contribution in [0.1, 0.15) is 45.4 Å². The van der Waals surface area contributed by atoms with E-state index in [9.17, 15) is 9.59 Å². The molecule has 2 aliphatic rings. The summed E-state index contributed by atoms with van der Waals surface area (Å²) in [5, 5.41) is 3.19. The number of rotatable bonds is 6. The van der Waals surface area contributed by atoms with E-state index in [-0.39, 0.29) is 17.9 Å². The third-order valence-corrected chi connectivity index (χ3v) is 4.89. The molecule has 2 heterocycles. The number of carbonyl (C=O) groups excluding carboxylic acids is 2. The van der Waals surface area contributed by atoms with E-state index < -0.39 is 0 Å². The lowest BCUT2D eigenvalue weighted by Gasteiger charge is -2.36. The normalized spacial score (nSPS) is 21.9. The van der Waals surface area contributed by atoms with Crippen LogP contribution in [0.2, 0.25) is 0 Å². The highest BCUT2D eigenvalue weighted by molar-refractivity contribution is 5.88. The smallest absolute Gasteiger partial charge is 0.245 e. The van der Waals surface area contributed by atoms with Crippen LogP contribution in [0.15, 0.2) is 0 Å². The molecule has 0 aromatic rings. The van der Waals surface area contributed by atoms with Gasteiger partial charge in [0.15, 0.2) is 0 Å². The number of carbonyl (C=O) groups is 2. The molecule has 21 heavy (non-hydrogen) atoms. The minimum atomic E-state index is -0.228. The van der Waals surface area contributed by atoms with Crippen molar-refractivity contribution < 1.29 is 9.59 Å². The lowest BCUT2D eigenvalue weighted by Crippen LogP contribution is -2.51. The van der Waals surface area contributed by atoms with Crippen LogP contribution in [0, 0.1) is 5.92 Å². The Labute approximate surface area is 128 Å². The molecule has 0 aromatic carbocycles. The molecule has 120 valence electrons. The Morgan fingerprint density at radius 3 is 2.57 bits per heavy atom. The highest BCUT2D eigenvalue weighted by Gasteiger charge is 2.35. The lowest BCUT2D eigenvalue weighted by molar-refractivity contribution is -0.144. The Kier molecular flexibility index (Phi) is 6.03. The third kappa shape index (κ3) is 3.96. The number of amides is 2. The van der Waals surface area contributed by atoms with E-state index in [1.54, 1.807) is 4.90 Å². The quantitative estimate of drug-likeness (QED) is 0.802. The summed E-state index contributed by atoms with van der Waals surface area (Å²) in [6.45, 7) is 5.52. The van der Waals surface area contributed by atoms with Gasteiger partial charge in [-0.3, -0.25) is 9.59 Å². The van der Waals surface area contributed by atoms with Gasteiger partial charge in [0, 0.05) is 26.1 Å². The van der Waals surface area contributed by atoms with Gasteiger partial charge in [-0.25, -0.2) is 0 Å². The zero-order valence-electron chi connectivity index (χ0n) is 13.4. The fraction of sp³-hybridized carbons (Fsp3) is 0.875. The average molecular weight is 295 g/mol. The van der Waals surface area contributed by atoms with Gasteiger partial charge in [0.2, 0.25) is 11.8 Å². The summed E-state index contributed by atoms with van der Waals surface area (Å²) in [5.41, 5.74) is 0.